The molecule has 2 rings (SSSR count). The van der Waals surface area contributed by atoms with Crippen molar-refractivity contribution in [3.05, 3.63) is 0 Å². The zero-order chi connectivity index (χ0) is 13.2. The van der Waals surface area contributed by atoms with E-state index in [1.807, 2.05) is 0 Å². The molecule has 1 saturated carbocycles. The molecule has 6 heteroatoms. The second-order valence-electron chi connectivity index (χ2n) is 5.51. The van der Waals surface area contributed by atoms with Crippen molar-refractivity contribution in [2.24, 2.45) is 0 Å². The van der Waals surface area contributed by atoms with Gasteiger partial charge in [-0.1, -0.05) is 20.3 Å². The van der Waals surface area contributed by atoms with E-state index < -0.39 is 10.0 Å². The van der Waals surface area contributed by atoms with E-state index in [4.69, 9.17) is 4.74 Å². The summed E-state index contributed by atoms with van der Waals surface area (Å²) in [7, 11) is -3.07. The van der Waals surface area contributed by atoms with Crippen molar-refractivity contribution in [1.82, 2.24) is 9.62 Å². The zero-order valence-corrected chi connectivity index (χ0v) is 12.1. The third-order valence-corrected chi connectivity index (χ3v) is 6.05. The molecule has 0 radical (unpaired) electrons. The molecular weight excluding hydrogens is 252 g/mol. The first-order valence-electron chi connectivity index (χ1n) is 6.84. The molecule has 0 bridgehead atoms. The molecule has 0 aromatic rings. The maximum absolute atomic E-state index is 12.3. The third kappa shape index (κ3) is 3.23. The number of morpholine rings is 1. The van der Waals surface area contributed by atoms with E-state index in [9.17, 15) is 8.42 Å². The van der Waals surface area contributed by atoms with Gasteiger partial charge in [-0.25, -0.2) is 8.42 Å². The zero-order valence-electron chi connectivity index (χ0n) is 11.3. The van der Waals surface area contributed by atoms with E-state index in [-0.39, 0.29) is 11.4 Å². The first-order chi connectivity index (χ1) is 8.50. The Morgan fingerprint density at radius 2 is 2.11 bits per heavy atom. The molecule has 0 amide bonds. The van der Waals surface area contributed by atoms with Crippen LogP contribution < -0.4 is 5.32 Å². The summed E-state index contributed by atoms with van der Waals surface area (Å²) in [4.78, 5) is 0. The molecule has 1 unspecified atom stereocenters. The van der Waals surface area contributed by atoms with Crippen molar-refractivity contribution < 1.29 is 13.2 Å². The van der Waals surface area contributed by atoms with Gasteiger partial charge in [0.15, 0.2) is 0 Å². The highest BCUT2D eigenvalue weighted by atomic mass is 32.2. The highest BCUT2D eigenvalue weighted by Gasteiger charge is 2.38. The Morgan fingerprint density at radius 1 is 1.39 bits per heavy atom. The molecular formula is C12H24N2O3S. The van der Waals surface area contributed by atoms with Gasteiger partial charge in [-0.15, -0.1) is 0 Å². The van der Waals surface area contributed by atoms with Crippen LogP contribution in [0.1, 0.15) is 33.1 Å². The summed E-state index contributed by atoms with van der Waals surface area (Å²) in [6.45, 7) is 6.39. The molecule has 1 atom stereocenters. The van der Waals surface area contributed by atoms with Gasteiger partial charge in [-0.3, -0.25) is 0 Å². The van der Waals surface area contributed by atoms with Crippen LogP contribution in [0, 0.1) is 0 Å². The van der Waals surface area contributed by atoms with Crippen molar-refractivity contribution in [1.29, 1.82) is 0 Å². The summed E-state index contributed by atoms with van der Waals surface area (Å²) in [5.74, 6) is 0. The summed E-state index contributed by atoms with van der Waals surface area (Å²) in [5, 5.41) is 3.17. The van der Waals surface area contributed by atoms with Crippen LogP contribution in [0.4, 0.5) is 0 Å². The Labute approximate surface area is 110 Å². The van der Waals surface area contributed by atoms with E-state index in [2.05, 4.69) is 19.2 Å². The Hall–Kier alpha value is -0.170. The lowest BCUT2D eigenvalue weighted by Crippen LogP contribution is -2.52. The normalized spacial score (nSPS) is 27.4. The van der Waals surface area contributed by atoms with Crippen LogP contribution in [0.15, 0.2) is 0 Å². The fourth-order valence-electron chi connectivity index (χ4n) is 2.29. The van der Waals surface area contributed by atoms with Gasteiger partial charge in [0, 0.05) is 25.7 Å². The highest BCUT2D eigenvalue weighted by Crippen LogP contribution is 2.29. The summed E-state index contributed by atoms with van der Waals surface area (Å²) >= 11 is 0. The second-order valence-corrected chi connectivity index (χ2v) is 7.72. The van der Waals surface area contributed by atoms with E-state index in [1.165, 1.54) is 0 Å². The molecule has 1 saturated heterocycles. The van der Waals surface area contributed by atoms with Crippen LogP contribution in [0.2, 0.25) is 0 Å². The molecule has 106 valence electrons. The van der Waals surface area contributed by atoms with Crippen LogP contribution in [-0.2, 0) is 14.8 Å². The number of hydrogen-bond acceptors (Lipinski definition) is 4. The molecule has 0 aromatic heterocycles. The molecule has 18 heavy (non-hydrogen) atoms. The smallest absolute Gasteiger partial charge is 0.217 e. The fraction of sp³-hybridized carbons (Fsp3) is 1.00. The predicted molar refractivity (Wildman–Crippen MR) is 71.0 cm³/mol. The summed E-state index contributed by atoms with van der Waals surface area (Å²) < 4.78 is 31.9. The van der Waals surface area contributed by atoms with Crippen LogP contribution >= 0.6 is 0 Å². The van der Waals surface area contributed by atoms with Crippen LogP contribution in [0.25, 0.3) is 0 Å². The first kappa shape index (κ1) is 14.2. The van der Waals surface area contributed by atoms with Crippen molar-refractivity contribution in [2.75, 3.05) is 26.2 Å². The number of nitrogens with zero attached hydrogens (tertiary/aromatic N) is 1. The maximum atomic E-state index is 12.3. The summed E-state index contributed by atoms with van der Waals surface area (Å²) in [6, 6.07) is 0.396. The lowest BCUT2D eigenvalue weighted by atomic mass is 10.0. The van der Waals surface area contributed by atoms with Crippen LogP contribution in [0.3, 0.4) is 0 Å². The van der Waals surface area contributed by atoms with Crippen molar-refractivity contribution in [3.8, 4) is 0 Å². The van der Waals surface area contributed by atoms with Gasteiger partial charge in [0.25, 0.3) is 0 Å². The topological polar surface area (TPSA) is 58.6 Å². The number of rotatable bonds is 5. The van der Waals surface area contributed by atoms with Gasteiger partial charge in [-0.05, 0) is 12.8 Å². The average Bonchev–Trinajstić information content (AvgIpc) is 2.24. The monoisotopic (exact) mass is 276 g/mol. The number of sulfonamides is 1. The molecule has 1 heterocycles. The van der Waals surface area contributed by atoms with Gasteiger partial charge in [0.05, 0.1) is 18.0 Å². The number of hydrogen-bond donors (Lipinski definition) is 1. The Morgan fingerprint density at radius 3 is 2.67 bits per heavy atom. The van der Waals surface area contributed by atoms with E-state index in [0.717, 1.165) is 19.3 Å². The van der Waals surface area contributed by atoms with Gasteiger partial charge < -0.3 is 10.1 Å². The molecule has 5 nitrogen and oxygen atoms in total. The average molecular weight is 276 g/mol. The van der Waals surface area contributed by atoms with E-state index >= 15 is 0 Å². The van der Waals surface area contributed by atoms with Gasteiger partial charge in [0.2, 0.25) is 10.0 Å². The van der Waals surface area contributed by atoms with Gasteiger partial charge in [-0.2, -0.15) is 4.31 Å². The Kier molecular flexibility index (Phi) is 4.64. The minimum Gasteiger partial charge on any atom is -0.374 e. The number of nitrogens with one attached hydrogen (secondary N) is 1. The summed E-state index contributed by atoms with van der Waals surface area (Å²) in [5.41, 5.74) is 0. The molecule has 0 spiro atoms. The highest BCUT2D eigenvalue weighted by molar-refractivity contribution is 7.89. The number of ether oxygens (including phenoxy) is 1. The molecule has 0 aromatic carbocycles. The molecule has 1 aliphatic carbocycles. The predicted octanol–water partition coefficient (Wildman–Crippen LogP) is 0.567. The second kappa shape index (κ2) is 5.86. The maximum Gasteiger partial charge on any atom is 0.217 e. The van der Waals surface area contributed by atoms with Crippen molar-refractivity contribution in [3.63, 3.8) is 0 Å². The van der Waals surface area contributed by atoms with Crippen molar-refractivity contribution >= 4 is 10.0 Å². The van der Waals surface area contributed by atoms with Crippen molar-refractivity contribution in [2.45, 2.75) is 50.5 Å². The fourth-order valence-corrected chi connectivity index (χ4v) is 4.35. The molecule has 1 aliphatic heterocycles. The lowest BCUT2D eigenvalue weighted by Gasteiger charge is -2.37. The van der Waals surface area contributed by atoms with E-state index in [1.54, 1.807) is 4.31 Å². The SMILES string of the molecule is CC(C)NCC1CN(S(=O)(=O)C2CCC2)CCO1. The quantitative estimate of drug-likeness (QED) is 0.797. The standard InChI is InChI=1S/C12H24N2O3S/c1-10(2)13-8-11-9-14(6-7-17-11)18(15,16)12-4-3-5-12/h10-13H,3-9H2,1-2H3. The minimum absolute atomic E-state index is 0.0176. The molecule has 1 N–H and O–H groups in total. The molecule has 2 fully saturated rings. The Bertz CT molecular complexity index is 366. The van der Waals surface area contributed by atoms with E-state index in [0.29, 0.717) is 32.3 Å². The lowest BCUT2D eigenvalue weighted by molar-refractivity contribution is -0.00155. The van der Waals surface area contributed by atoms with Crippen LogP contribution in [0.5, 0.6) is 0 Å². The summed E-state index contributed by atoms with van der Waals surface area (Å²) in [6.07, 6.45) is 2.69. The largest absolute Gasteiger partial charge is 0.374 e. The Balaban J connectivity index is 1.89. The van der Waals surface area contributed by atoms with Crippen LogP contribution in [-0.4, -0.2) is 56.4 Å². The van der Waals surface area contributed by atoms with Gasteiger partial charge in [0.1, 0.15) is 0 Å². The molecule has 2 aliphatic rings. The third-order valence-electron chi connectivity index (χ3n) is 3.69. The minimum atomic E-state index is -3.07. The van der Waals surface area contributed by atoms with Gasteiger partial charge >= 0.3 is 0 Å². The first-order valence-corrected chi connectivity index (χ1v) is 8.34.